The fraction of sp³-hybridized carbons (Fsp3) is 0.417. The predicted molar refractivity (Wildman–Crippen MR) is 63.8 cm³/mol. The van der Waals surface area contributed by atoms with Crippen molar-refractivity contribution in [2.45, 2.75) is 13.5 Å². The van der Waals surface area contributed by atoms with Crippen LogP contribution in [-0.2, 0) is 16.1 Å². The fourth-order valence-electron chi connectivity index (χ4n) is 1.28. The molecule has 16 heavy (non-hydrogen) atoms. The molecule has 88 valence electrons. The van der Waals surface area contributed by atoms with Gasteiger partial charge < -0.3 is 15.4 Å². The van der Waals surface area contributed by atoms with E-state index >= 15 is 0 Å². The van der Waals surface area contributed by atoms with Crippen molar-refractivity contribution in [2.24, 2.45) is 0 Å². The Kier molecular flexibility index (Phi) is 4.79. The first-order chi connectivity index (χ1) is 7.63. The maximum Gasteiger partial charge on any atom is 0.248 e. The molecule has 2 N–H and O–H groups in total. The van der Waals surface area contributed by atoms with E-state index in [-0.39, 0.29) is 12.5 Å². The third kappa shape index (κ3) is 3.90. The van der Waals surface area contributed by atoms with Crippen molar-refractivity contribution >= 4 is 11.6 Å². The van der Waals surface area contributed by atoms with Crippen molar-refractivity contribution < 1.29 is 9.53 Å². The molecule has 0 spiro atoms. The van der Waals surface area contributed by atoms with Crippen LogP contribution >= 0.6 is 0 Å². The summed E-state index contributed by atoms with van der Waals surface area (Å²) < 4.78 is 5.06. The number of likely N-dealkylation sites (N-methyl/N-ethyl adjacent to an activating group) is 1. The van der Waals surface area contributed by atoms with Crippen LogP contribution in [0, 0.1) is 0 Å². The van der Waals surface area contributed by atoms with Gasteiger partial charge in [-0.25, -0.2) is 0 Å². The lowest BCUT2D eigenvalue weighted by molar-refractivity contribution is -0.135. The third-order valence-electron chi connectivity index (χ3n) is 2.25. The first kappa shape index (κ1) is 12.5. The minimum absolute atomic E-state index is 0.0151. The number of nitrogens with two attached hydrogens (primary N) is 1. The molecule has 0 saturated heterocycles. The minimum atomic E-state index is -0.0151. The molecule has 4 nitrogen and oxygen atoms in total. The van der Waals surface area contributed by atoms with E-state index in [1.807, 2.05) is 31.2 Å². The van der Waals surface area contributed by atoms with E-state index in [1.165, 1.54) is 0 Å². The zero-order chi connectivity index (χ0) is 12.0. The summed E-state index contributed by atoms with van der Waals surface area (Å²) in [6, 6.07) is 7.49. The van der Waals surface area contributed by atoms with Crippen molar-refractivity contribution in [2.75, 3.05) is 26.0 Å². The highest BCUT2D eigenvalue weighted by Crippen LogP contribution is 2.07. The lowest BCUT2D eigenvalue weighted by Gasteiger charge is -2.17. The van der Waals surface area contributed by atoms with Crippen molar-refractivity contribution in [1.29, 1.82) is 0 Å². The number of hydrogen-bond donors (Lipinski definition) is 1. The van der Waals surface area contributed by atoms with Crippen LogP contribution in [0.5, 0.6) is 0 Å². The van der Waals surface area contributed by atoms with E-state index in [9.17, 15) is 4.79 Å². The van der Waals surface area contributed by atoms with Gasteiger partial charge in [0.05, 0.1) is 0 Å². The number of amides is 1. The number of carbonyl (C=O) groups is 1. The molecule has 1 aromatic carbocycles. The summed E-state index contributed by atoms with van der Waals surface area (Å²) in [5.74, 6) is -0.0151. The van der Waals surface area contributed by atoms with Crippen LogP contribution in [0.25, 0.3) is 0 Å². The van der Waals surface area contributed by atoms with Gasteiger partial charge in [-0.15, -0.1) is 0 Å². The largest absolute Gasteiger partial charge is 0.399 e. The van der Waals surface area contributed by atoms with Gasteiger partial charge in [0.1, 0.15) is 6.61 Å². The predicted octanol–water partition coefficient (Wildman–Crippen LogP) is 1.26. The smallest absolute Gasteiger partial charge is 0.248 e. The molecule has 1 amide bonds. The first-order valence-electron chi connectivity index (χ1n) is 5.29. The summed E-state index contributed by atoms with van der Waals surface area (Å²) in [5.41, 5.74) is 7.37. The minimum Gasteiger partial charge on any atom is -0.399 e. The Bertz CT molecular complexity index is 335. The normalized spacial score (nSPS) is 10.1. The molecule has 0 aliphatic carbocycles. The molecule has 0 fully saturated rings. The van der Waals surface area contributed by atoms with Gasteiger partial charge in [-0.05, 0) is 24.6 Å². The highest BCUT2D eigenvalue weighted by Gasteiger charge is 2.08. The van der Waals surface area contributed by atoms with Crippen LogP contribution in [0.4, 0.5) is 5.69 Å². The van der Waals surface area contributed by atoms with Crippen LogP contribution in [0.15, 0.2) is 24.3 Å². The Balaban J connectivity index is 2.47. The van der Waals surface area contributed by atoms with Gasteiger partial charge in [0.15, 0.2) is 0 Å². The van der Waals surface area contributed by atoms with Gasteiger partial charge in [-0.1, -0.05) is 12.1 Å². The second kappa shape index (κ2) is 6.12. The lowest BCUT2D eigenvalue weighted by Crippen LogP contribution is -2.29. The Morgan fingerprint density at radius 1 is 1.38 bits per heavy atom. The van der Waals surface area contributed by atoms with Crippen molar-refractivity contribution in [3.8, 4) is 0 Å². The average molecular weight is 222 g/mol. The van der Waals surface area contributed by atoms with E-state index in [1.54, 1.807) is 11.9 Å². The van der Waals surface area contributed by atoms with E-state index in [0.717, 1.165) is 11.3 Å². The Labute approximate surface area is 96.0 Å². The zero-order valence-electron chi connectivity index (χ0n) is 9.77. The quantitative estimate of drug-likeness (QED) is 0.763. The molecule has 0 atom stereocenters. The molecule has 1 rings (SSSR count). The van der Waals surface area contributed by atoms with Crippen LogP contribution < -0.4 is 5.73 Å². The van der Waals surface area contributed by atoms with Crippen LogP contribution in [0.1, 0.15) is 12.5 Å². The van der Waals surface area contributed by atoms with Gasteiger partial charge in [0, 0.05) is 25.9 Å². The van der Waals surface area contributed by atoms with Crippen LogP contribution in [-0.4, -0.2) is 31.1 Å². The molecule has 0 saturated carbocycles. The number of nitrogens with zero attached hydrogens (tertiary/aromatic N) is 1. The van der Waals surface area contributed by atoms with E-state index in [4.69, 9.17) is 10.5 Å². The summed E-state index contributed by atoms with van der Waals surface area (Å²) in [6.45, 7) is 3.14. The number of benzene rings is 1. The van der Waals surface area contributed by atoms with Crippen molar-refractivity contribution in [3.05, 3.63) is 29.8 Å². The molecule has 0 unspecified atom stereocenters. The van der Waals surface area contributed by atoms with Gasteiger partial charge in [-0.3, -0.25) is 4.79 Å². The number of rotatable bonds is 5. The Morgan fingerprint density at radius 3 is 2.56 bits per heavy atom. The second-order valence-electron chi connectivity index (χ2n) is 3.63. The molecule has 0 aliphatic rings. The molecule has 4 heteroatoms. The van der Waals surface area contributed by atoms with E-state index in [0.29, 0.717) is 13.2 Å². The van der Waals surface area contributed by atoms with Crippen molar-refractivity contribution in [3.63, 3.8) is 0 Å². The number of hydrogen-bond acceptors (Lipinski definition) is 3. The Hall–Kier alpha value is -1.55. The van der Waals surface area contributed by atoms with Gasteiger partial charge >= 0.3 is 0 Å². The average Bonchev–Trinajstić information content (AvgIpc) is 2.29. The maximum absolute atomic E-state index is 11.5. The van der Waals surface area contributed by atoms with Crippen LogP contribution in [0.2, 0.25) is 0 Å². The number of anilines is 1. The van der Waals surface area contributed by atoms with E-state index in [2.05, 4.69) is 0 Å². The summed E-state index contributed by atoms with van der Waals surface area (Å²) in [6.07, 6.45) is 0. The summed E-state index contributed by atoms with van der Waals surface area (Å²) in [7, 11) is 1.76. The van der Waals surface area contributed by atoms with Crippen molar-refractivity contribution in [1.82, 2.24) is 4.90 Å². The third-order valence-corrected chi connectivity index (χ3v) is 2.25. The molecular formula is C12H18N2O2. The van der Waals surface area contributed by atoms with Gasteiger partial charge in [0.25, 0.3) is 0 Å². The molecule has 1 aromatic rings. The SMILES string of the molecule is CCOCC(=O)N(C)Cc1ccc(N)cc1. The molecule has 0 bridgehead atoms. The summed E-state index contributed by atoms with van der Waals surface area (Å²) in [5, 5.41) is 0. The van der Waals surface area contributed by atoms with Gasteiger partial charge in [0.2, 0.25) is 5.91 Å². The molecular weight excluding hydrogens is 204 g/mol. The van der Waals surface area contributed by atoms with E-state index < -0.39 is 0 Å². The maximum atomic E-state index is 11.5. The highest BCUT2D eigenvalue weighted by molar-refractivity contribution is 5.77. The monoisotopic (exact) mass is 222 g/mol. The summed E-state index contributed by atoms with van der Waals surface area (Å²) in [4.78, 5) is 13.2. The number of carbonyl (C=O) groups excluding carboxylic acids is 1. The molecule has 0 radical (unpaired) electrons. The molecule has 0 aliphatic heterocycles. The summed E-state index contributed by atoms with van der Waals surface area (Å²) >= 11 is 0. The number of ether oxygens (including phenoxy) is 1. The standard InChI is InChI=1S/C12H18N2O2/c1-3-16-9-12(15)14(2)8-10-4-6-11(13)7-5-10/h4-7H,3,8-9,13H2,1-2H3. The second-order valence-corrected chi connectivity index (χ2v) is 3.63. The Morgan fingerprint density at radius 2 is 2.00 bits per heavy atom. The molecule has 0 heterocycles. The zero-order valence-corrected chi connectivity index (χ0v) is 9.77. The van der Waals surface area contributed by atoms with Gasteiger partial charge in [-0.2, -0.15) is 0 Å². The first-order valence-corrected chi connectivity index (χ1v) is 5.29. The highest BCUT2D eigenvalue weighted by atomic mass is 16.5. The molecule has 0 aromatic heterocycles. The topological polar surface area (TPSA) is 55.6 Å². The van der Waals surface area contributed by atoms with Crippen LogP contribution in [0.3, 0.4) is 0 Å². The lowest BCUT2D eigenvalue weighted by atomic mass is 10.2. The number of nitrogen functional groups attached to an aromatic ring is 1. The fourth-order valence-corrected chi connectivity index (χ4v) is 1.28.